The van der Waals surface area contributed by atoms with Crippen LogP contribution in [0.15, 0.2) is 106 Å². The molecular weight excluding hydrogens is 568 g/mol. The molecule has 0 aromatic carbocycles. The third kappa shape index (κ3) is 4.76. The van der Waals surface area contributed by atoms with Gasteiger partial charge in [0, 0.05) is 52.8 Å². The average molecular weight is 609 g/mol. The number of fused-ring (bicyclic) bond motifs is 5. The molecule has 0 aromatic rings. The molecule has 1 unspecified atom stereocenters. The molecule has 0 radical (unpaired) electrons. The van der Waals surface area contributed by atoms with Gasteiger partial charge < -0.3 is 20.3 Å². The highest BCUT2D eigenvalue weighted by Crippen LogP contribution is 2.47. The molecule has 1 aliphatic carbocycles. The van der Waals surface area contributed by atoms with E-state index in [9.17, 15) is 19.8 Å². The van der Waals surface area contributed by atoms with Crippen molar-refractivity contribution in [1.29, 1.82) is 0 Å². The molecule has 0 aromatic heterocycles. The van der Waals surface area contributed by atoms with Crippen molar-refractivity contribution in [2.24, 2.45) is 26.8 Å². The minimum absolute atomic E-state index is 0.161. The van der Waals surface area contributed by atoms with Gasteiger partial charge in [-0.25, -0.2) is 15.0 Å². The van der Waals surface area contributed by atoms with Crippen LogP contribution >= 0.6 is 0 Å². The Balaban J connectivity index is 1.68. The summed E-state index contributed by atoms with van der Waals surface area (Å²) in [6.07, 6.45) is 4.80. The summed E-state index contributed by atoms with van der Waals surface area (Å²) in [6, 6.07) is 0. The number of allylic oxidation sites excluding steroid dienone is 11. The maximum Gasteiger partial charge on any atom is 0.305 e. The summed E-state index contributed by atoms with van der Waals surface area (Å²) in [6.45, 7) is 13.3. The van der Waals surface area contributed by atoms with Gasteiger partial charge in [-0.15, -0.1) is 0 Å². The highest BCUT2D eigenvalue weighted by molar-refractivity contribution is 6.30. The van der Waals surface area contributed by atoms with Crippen LogP contribution in [0.4, 0.5) is 0 Å². The lowest BCUT2D eigenvalue weighted by Gasteiger charge is -2.18. The maximum absolute atomic E-state index is 13.6. The zero-order valence-corrected chi connectivity index (χ0v) is 27.2. The van der Waals surface area contributed by atoms with E-state index in [2.05, 4.69) is 12.2 Å². The van der Waals surface area contributed by atoms with Crippen LogP contribution in [0.25, 0.3) is 0 Å². The molecule has 5 aliphatic heterocycles. The van der Waals surface area contributed by atoms with Gasteiger partial charge in [-0.1, -0.05) is 13.8 Å². The summed E-state index contributed by atoms with van der Waals surface area (Å²) in [7, 11) is 1.38. The van der Waals surface area contributed by atoms with Crippen LogP contribution in [-0.4, -0.2) is 52.3 Å². The molecule has 9 nitrogen and oxygen atoms in total. The zero-order valence-electron chi connectivity index (χ0n) is 27.2. The van der Waals surface area contributed by atoms with Crippen molar-refractivity contribution < 1.29 is 24.5 Å². The van der Waals surface area contributed by atoms with Crippen LogP contribution in [0.1, 0.15) is 74.1 Å². The van der Waals surface area contributed by atoms with E-state index < -0.39 is 6.10 Å². The Kier molecular flexibility index (Phi) is 7.64. The summed E-state index contributed by atoms with van der Waals surface area (Å²) in [4.78, 5) is 41.0. The Labute approximate surface area is 263 Å². The second-order valence-corrected chi connectivity index (χ2v) is 12.5. The number of aliphatic hydroxyl groups excluding tert-OH is 2. The topological polar surface area (TPSA) is 133 Å². The number of esters is 1. The van der Waals surface area contributed by atoms with E-state index in [1.165, 1.54) is 14.0 Å². The molecule has 1 fully saturated rings. The molecule has 0 spiro atoms. The van der Waals surface area contributed by atoms with E-state index >= 15 is 0 Å². The van der Waals surface area contributed by atoms with Crippen molar-refractivity contribution in [3.05, 3.63) is 91.0 Å². The molecule has 0 amide bonds. The predicted molar refractivity (Wildman–Crippen MR) is 175 cm³/mol. The molecule has 8 bridgehead atoms. The van der Waals surface area contributed by atoms with E-state index in [1.807, 2.05) is 39.8 Å². The van der Waals surface area contributed by atoms with E-state index in [0.717, 1.165) is 62.7 Å². The van der Waals surface area contributed by atoms with E-state index in [1.54, 1.807) is 6.92 Å². The molecule has 3 atom stereocenters. The second-order valence-electron chi connectivity index (χ2n) is 12.5. The van der Waals surface area contributed by atoms with Gasteiger partial charge in [0.1, 0.15) is 5.76 Å². The number of carbonyl (C=O) groups excluding carboxylic acids is 2. The van der Waals surface area contributed by atoms with Crippen molar-refractivity contribution >= 4 is 28.9 Å². The minimum Gasteiger partial charge on any atom is -0.511 e. The van der Waals surface area contributed by atoms with Gasteiger partial charge in [0.05, 0.1) is 53.0 Å². The summed E-state index contributed by atoms with van der Waals surface area (Å²) in [5.74, 6) is -0.584. The van der Waals surface area contributed by atoms with Gasteiger partial charge in [-0.05, 0) is 81.9 Å². The first-order chi connectivity index (χ1) is 21.4. The fraction of sp³-hybridized carbons (Fsp3) is 0.417. The lowest BCUT2D eigenvalue weighted by atomic mass is 9.84. The first-order valence-corrected chi connectivity index (χ1v) is 15.6. The highest BCUT2D eigenvalue weighted by Gasteiger charge is 2.43. The van der Waals surface area contributed by atoms with Gasteiger partial charge in [0.15, 0.2) is 5.78 Å². The van der Waals surface area contributed by atoms with Crippen LogP contribution in [0.2, 0.25) is 0 Å². The Hall–Kier alpha value is -4.37. The van der Waals surface area contributed by atoms with Gasteiger partial charge in [0.25, 0.3) is 0 Å². The van der Waals surface area contributed by atoms with Crippen LogP contribution in [0.5, 0.6) is 0 Å². The van der Waals surface area contributed by atoms with Crippen molar-refractivity contribution in [3.63, 3.8) is 0 Å². The molecule has 6 rings (SSSR count). The number of hydrogen-bond donors (Lipinski definition) is 3. The van der Waals surface area contributed by atoms with E-state index in [-0.39, 0.29) is 35.8 Å². The molecule has 5 heterocycles. The third-order valence-corrected chi connectivity index (χ3v) is 9.89. The quantitative estimate of drug-likeness (QED) is 0.319. The van der Waals surface area contributed by atoms with Crippen LogP contribution in [-0.2, 0) is 14.3 Å². The number of nitrogens with one attached hydrogen (secondary N) is 1. The van der Waals surface area contributed by atoms with Gasteiger partial charge in [-0.2, -0.15) is 0 Å². The largest absolute Gasteiger partial charge is 0.511 e. The number of methoxy groups -OCH3 is 1. The lowest BCUT2D eigenvalue weighted by Crippen LogP contribution is -2.21. The molecule has 1 saturated heterocycles. The minimum atomic E-state index is -0.825. The van der Waals surface area contributed by atoms with Crippen LogP contribution < -0.4 is 5.32 Å². The number of nitrogens with zero attached hydrogens (tertiary/aromatic N) is 3. The number of ether oxygens (including phenoxy) is 1. The predicted octanol–water partition coefficient (Wildman–Crippen LogP) is 5.95. The number of carbonyl (C=O) groups is 2. The third-order valence-electron chi connectivity index (χ3n) is 9.89. The van der Waals surface area contributed by atoms with Gasteiger partial charge in [0.2, 0.25) is 0 Å². The van der Waals surface area contributed by atoms with Crippen molar-refractivity contribution in [2.45, 2.75) is 80.3 Å². The Bertz CT molecular complexity index is 1830. The van der Waals surface area contributed by atoms with Gasteiger partial charge >= 0.3 is 5.97 Å². The number of rotatable bonds is 6. The Morgan fingerprint density at radius 2 is 1.78 bits per heavy atom. The molecular formula is C36H40N4O5. The Morgan fingerprint density at radius 1 is 1.04 bits per heavy atom. The number of aliphatic imine (C=N–C) groups is 3. The Morgan fingerprint density at radius 3 is 2.42 bits per heavy atom. The van der Waals surface area contributed by atoms with Gasteiger partial charge in [-0.3, -0.25) is 9.59 Å². The summed E-state index contributed by atoms with van der Waals surface area (Å²) in [5, 5.41) is 25.8. The van der Waals surface area contributed by atoms with Crippen LogP contribution in [0.3, 0.4) is 0 Å². The molecule has 9 heteroatoms. The number of Topliss-reactive ketones (excluding diaryl/α,β-unsaturated/α-hetero) is 1. The smallest absolute Gasteiger partial charge is 0.305 e. The monoisotopic (exact) mass is 608 g/mol. The normalized spacial score (nSPS) is 24.8. The fourth-order valence-corrected chi connectivity index (χ4v) is 7.54. The first kappa shape index (κ1) is 30.6. The summed E-state index contributed by atoms with van der Waals surface area (Å²) >= 11 is 0. The fourth-order valence-electron chi connectivity index (χ4n) is 7.54. The first-order valence-electron chi connectivity index (χ1n) is 15.6. The molecule has 0 saturated carbocycles. The highest BCUT2D eigenvalue weighted by atomic mass is 16.5. The molecule has 234 valence electrons. The number of hydrogen-bond acceptors (Lipinski definition) is 9. The van der Waals surface area contributed by atoms with Crippen molar-refractivity contribution in [2.75, 3.05) is 7.11 Å². The number of ketones is 1. The summed E-state index contributed by atoms with van der Waals surface area (Å²) in [5.41, 5.74) is 12.0. The molecule has 6 aliphatic rings. The molecule has 3 N–H and O–H groups in total. The second kappa shape index (κ2) is 11.2. The standard InChI is InChI=1S/C36H40N4O5/c1-9-21-15(2)24-14-27-30(19(6)41)18(5)34(39-27)32(20(7)42)33-16(3)22(10-11-29(44)45-8)35(40-33)23-12-28(43)31-17(4)25(38-36(23)31)13-26(21)37-24/h13-14,16,19,22,40-41,43H,9-12H2,1-8H3/t16-,19?,22-/m0/s1. The number of aliphatic hydroxyl groups is 2. The van der Waals surface area contributed by atoms with Crippen LogP contribution in [0, 0.1) is 11.8 Å². The molecule has 45 heavy (non-hydrogen) atoms. The van der Waals surface area contributed by atoms with E-state index in [4.69, 9.17) is 19.7 Å². The van der Waals surface area contributed by atoms with Crippen molar-refractivity contribution in [1.82, 2.24) is 5.32 Å². The SMILES string of the molecule is CCC1=C(C)C2=NC1=CC1=C(C)C3=C(O)CC(=C4NC(=C(C(C)=O)C5=NC(=C2)C(C(C)O)=C5C)[C@@H](C)[C@@H]4CCC(=O)OC)C3=N1. The summed E-state index contributed by atoms with van der Waals surface area (Å²) < 4.78 is 4.97. The van der Waals surface area contributed by atoms with E-state index in [0.29, 0.717) is 46.8 Å². The lowest BCUT2D eigenvalue weighted by molar-refractivity contribution is -0.140. The average Bonchev–Trinajstić information content (AvgIpc) is 3.74. The van der Waals surface area contributed by atoms with Crippen molar-refractivity contribution in [3.8, 4) is 0 Å². The maximum atomic E-state index is 13.6. The zero-order chi connectivity index (χ0) is 32.5.